The van der Waals surface area contributed by atoms with Crippen LogP contribution in [0.4, 0.5) is 0 Å². The molecule has 0 spiro atoms. The van der Waals surface area contributed by atoms with Crippen LogP contribution in [0.2, 0.25) is 0 Å². The van der Waals surface area contributed by atoms with E-state index >= 15 is 0 Å². The highest BCUT2D eigenvalue weighted by molar-refractivity contribution is 5.85. The van der Waals surface area contributed by atoms with E-state index in [4.69, 9.17) is 0 Å². The highest BCUT2D eigenvalue weighted by atomic mass is 15.2. The van der Waals surface area contributed by atoms with E-state index in [2.05, 4.69) is 58.6 Å². The number of benzene rings is 1. The Hall–Kier alpha value is -2.13. The molecule has 0 fully saturated rings. The number of rotatable bonds is 4. The van der Waals surface area contributed by atoms with Crippen molar-refractivity contribution in [2.75, 3.05) is 6.54 Å². The summed E-state index contributed by atoms with van der Waals surface area (Å²) in [6.45, 7) is 7.85. The molecule has 0 amide bonds. The van der Waals surface area contributed by atoms with Crippen LogP contribution in [0.5, 0.6) is 0 Å². The second-order valence-electron chi connectivity index (χ2n) is 6.82. The Morgan fingerprint density at radius 3 is 2.83 bits per heavy atom. The van der Waals surface area contributed by atoms with Crippen molar-refractivity contribution in [2.45, 2.75) is 45.8 Å². The number of aryl methyl sites for hydroxylation is 2. The van der Waals surface area contributed by atoms with Crippen LogP contribution >= 0.6 is 0 Å². The van der Waals surface area contributed by atoms with Crippen LogP contribution in [0.25, 0.3) is 10.9 Å². The van der Waals surface area contributed by atoms with Gasteiger partial charge in [0.25, 0.3) is 0 Å². The van der Waals surface area contributed by atoms with E-state index in [0.29, 0.717) is 6.04 Å². The van der Waals surface area contributed by atoms with E-state index in [9.17, 15) is 0 Å². The molecule has 3 heteroatoms. The molecule has 1 unspecified atom stereocenters. The average molecular weight is 319 g/mol. The van der Waals surface area contributed by atoms with Gasteiger partial charge in [0.2, 0.25) is 0 Å². The quantitative estimate of drug-likeness (QED) is 0.723. The van der Waals surface area contributed by atoms with E-state index in [-0.39, 0.29) is 0 Å². The highest BCUT2D eigenvalue weighted by Gasteiger charge is 2.27. The fourth-order valence-electron chi connectivity index (χ4n) is 4.07. The summed E-state index contributed by atoms with van der Waals surface area (Å²) in [5.74, 6) is 0. The first-order valence-electron chi connectivity index (χ1n) is 9.00. The molecular formula is C21H25N3. The third-order valence-electron chi connectivity index (χ3n) is 5.42. The minimum Gasteiger partial charge on any atom is -0.344 e. The third kappa shape index (κ3) is 2.63. The fraction of sp³-hybridized carbons (Fsp3) is 0.381. The molecule has 1 atom stereocenters. The lowest BCUT2D eigenvalue weighted by molar-refractivity contribution is 0.192. The molecule has 1 aliphatic rings. The van der Waals surface area contributed by atoms with Gasteiger partial charge >= 0.3 is 0 Å². The number of hydrogen-bond donors (Lipinski definition) is 0. The number of aromatic nitrogens is 2. The Morgan fingerprint density at radius 2 is 2.04 bits per heavy atom. The average Bonchev–Trinajstić information content (AvgIpc) is 2.93. The highest BCUT2D eigenvalue weighted by Crippen LogP contribution is 2.33. The number of hydrogen-bond acceptors (Lipinski definition) is 2. The minimum absolute atomic E-state index is 0.615. The van der Waals surface area contributed by atoms with Crippen LogP contribution in [-0.4, -0.2) is 27.0 Å². The Balaban J connectivity index is 1.74. The molecular weight excluding hydrogens is 294 g/mol. The van der Waals surface area contributed by atoms with Crippen molar-refractivity contribution in [2.24, 2.45) is 0 Å². The Morgan fingerprint density at radius 1 is 1.17 bits per heavy atom. The number of likely N-dealkylation sites (N-methyl/N-ethyl adjacent to an activating group) is 1. The van der Waals surface area contributed by atoms with Gasteiger partial charge in [-0.25, -0.2) is 0 Å². The Kier molecular flexibility index (Phi) is 4.11. The van der Waals surface area contributed by atoms with Gasteiger partial charge in [0.05, 0.1) is 0 Å². The second-order valence-corrected chi connectivity index (χ2v) is 6.82. The molecule has 3 nitrogen and oxygen atoms in total. The maximum absolute atomic E-state index is 4.25. The molecule has 2 aromatic heterocycles. The predicted octanol–water partition coefficient (Wildman–Crippen LogP) is 4.05. The molecule has 3 aromatic rings. The molecule has 124 valence electrons. The van der Waals surface area contributed by atoms with Crippen LogP contribution in [0.3, 0.4) is 0 Å². The molecule has 0 N–H and O–H groups in total. The normalized spacial score (nSPS) is 18.0. The first kappa shape index (κ1) is 15.4. The number of nitrogens with zero attached hydrogens (tertiary/aromatic N) is 3. The van der Waals surface area contributed by atoms with Crippen LogP contribution < -0.4 is 0 Å². The first-order chi connectivity index (χ1) is 11.8. The van der Waals surface area contributed by atoms with E-state index < -0.39 is 0 Å². The van der Waals surface area contributed by atoms with Crippen molar-refractivity contribution in [3.63, 3.8) is 0 Å². The number of para-hydroxylation sites is 1. The maximum atomic E-state index is 4.25. The monoisotopic (exact) mass is 319 g/mol. The summed E-state index contributed by atoms with van der Waals surface area (Å²) in [5, 5.41) is 1.43. The molecule has 0 bridgehead atoms. The summed E-state index contributed by atoms with van der Waals surface area (Å²) >= 11 is 0. The van der Waals surface area contributed by atoms with Crippen molar-refractivity contribution in [3.8, 4) is 0 Å². The van der Waals surface area contributed by atoms with Crippen molar-refractivity contribution >= 4 is 10.9 Å². The van der Waals surface area contributed by atoms with Crippen LogP contribution in [0.15, 0.2) is 48.8 Å². The molecule has 0 radical (unpaired) electrons. The van der Waals surface area contributed by atoms with Crippen molar-refractivity contribution in [3.05, 3.63) is 65.6 Å². The van der Waals surface area contributed by atoms with Crippen LogP contribution in [0, 0.1) is 0 Å². The predicted molar refractivity (Wildman–Crippen MR) is 99.1 cm³/mol. The summed E-state index contributed by atoms with van der Waals surface area (Å²) < 4.78 is 2.56. The van der Waals surface area contributed by atoms with Gasteiger partial charge in [-0.05, 0) is 43.1 Å². The van der Waals surface area contributed by atoms with Gasteiger partial charge in [-0.1, -0.05) is 31.2 Å². The molecule has 3 heterocycles. The zero-order valence-electron chi connectivity index (χ0n) is 14.6. The standard InChI is InChI=1S/C21H25N3/c1-3-23-15-19-18-8-4-5-9-20(18)24(21(19)13-16(23)2)12-10-17-7-6-11-22-14-17/h4-9,11,14,16H,3,10,12-13,15H2,1-2H3. The topological polar surface area (TPSA) is 21.1 Å². The summed E-state index contributed by atoms with van der Waals surface area (Å²) in [7, 11) is 0. The number of fused-ring (bicyclic) bond motifs is 3. The van der Waals surface area contributed by atoms with E-state index in [0.717, 1.165) is 32.5 Å². The Bertz CT molecular complexity index is 835. The lowest BCUT2D eigenvalue weighted by Crippen LogP contribution is -2.38. The van der Waals surface area contributed by atoms with Crippen LogP contribution in [0.1, 0.15) is 30.7 Å². The molecule has 0 saturated heterocycles. The first-order valence-corrected chi connectivity index (χ1v) is 9.00. The SMILES string of the molecule is CCN1Cc2c(n(CCc3cccnc3)c3ccccc23)CC1C. The molecule has 4 rings (SSSR count). The molecule has 24 heavy (non-hydrogen) atoms. The van der Waals surface area contributed by atoms with Crippen molar-refractivity contribution in [1.29, 1.82) is 0 Å². The lowest BCUT2D eigenvalue weighted by atomic mass is 9.99. The van der Waals surface area contributed by atoms with E-state index in [1.807, 2.05) is 18.5 Å². The largest absolute Gasteiger partial charge is 0.344 e. The molecule has 0 aliphatic carbocycles. The second kappa shape index (κ2) is 6.40. The molecule has 1 aromatic carbocycles. The zero-order chi connectivity index (χ0) is 16.5. The van der Waals surface area contributed by atoms with E-state index in [1.54, 1.807) is 0 Å². The summed E-state index contributed by atoms with van der Waals surface area (Å²) in [6, 6.07) is 13.7. The van der Waals surface area contributed by atoms with Gasteiger partial charge in [-0.3, -0.25) is 9.88 Å². The van der Waals surface area contributed by atoms with Gasteiger partial charge in [-0.2, -0.15) is 0 Å². The lowest BCUT2D eigenvalue weighted by Gasteiger charge is -2.33. The Labute approximate surface area is 143 Å². The minimum atomic E-state index is 0.615. The fourth-order valence-corrected chi connectivity index (χ4v) is 4.07. The van der Waals surface area contributed by atoms with Gasteiger partial charge < -0.3 is 4.57 Å². The number of pyridine rings is 1. The summed E-state index contributed by atoms with van der Waals surface area (Å²) in [4.78, 5) is 6.84. The zero-order valence-corrected chi connectivity index (χ0v) is 14.6. The van der Waals surface area contributed by atoms with Gasteiger partial charge in [0.15, 0.2) is 0 Å². The summed E-state index contributed by atoms with van der Waals surface area (Å²) in [6.07, 6.45) is 6.01. The smallest absolute Gasteiger partial charge is 0.0486 e. The maximum Gasteiger partial charge on any atom is 0.0486 e. The van der Waals surface area contributed by atoms with Gasteiger partial charge in [0, 0.05) is 54.5 Å². The third-order valence-corrected chi connectivity index (χ3v) is 5.42. The molecule has 0 saturated carbocycles. The molecule has 1 aliphatic heterocycles. The van der Waals surface area contributed by atoms with Crippen molar-refractivity contribution < 1.29 is 0 Å². The van der Waals surface area contributed by atoms with E-state index in [1.165, 1.54) is 27.7 Å². The van der Waals surface area contributed by atoms with Crippen molar-refractivity contribution in [1.82, 2.24) is 14.5 Å². The summed E-state index contributed by atoms with van der Waals surface area (Å²) in [5.41, 5.74) is 5.77. The van der Waals surface area contributed by atoms with Gasteiger partial charge in [-0.15, -0.1) is 0 Å². The van der Waals surface area contributed by atoms with Gasteiger partial charge in [0.1, 0.15) is 0 Å². The van der Waals surface area contributed by atoms with Crippen LogP contribution in [-0.2, 0) is 25.9 Å².